The number of aromatic nitrogens is 4. The standard InChI is InChI=1S/C18H18ClN5OS/c1-3-24-16(13-7-9-20-10-8-13)22-23-18(24)26-12(2)17(25)21-15-6-4-5-14(19)11-15/h4-12H,3H2,1-2H3,(H,21,25)/t12-/m0/s1. The van der Waals surface area contributed by atoms with Gasteiger partial charge in [-0.05, 0) is 44.2 Å². The number of pyridine rings is 1. The highest BCUT2D eigenvalue weighted by molar-refractivity contribution is 8.00. The van der Waals surface area contributed by atoms with Gasteiger partial charge in [-0.25, -0.2) is 0 Å². The second-order valence-electron chi connectivity index (χ2n) is 5.55. The number of nitrogens with zero attached hydrogens (tertiary/aromatic N) is 4. The summed E-state index contributed by atoms with van der Waals surface area (Å²) in [7, 11) is 0. The van der Waals surface area contributed by atoms with E-state index in [1.807, 2.05) is 30.5 Å². The van der Waals surface area contributed by atoms with Crippen LogP contribution in [0.4, 0.5) is 5.69 Å². The molecule has 3 aromatic rings. The lowest BCUT2D eigenvalue weighted by Gasteiger charge is -2.13. The van der Waals surface area contributed by atoms with Crippen LogP contribution in [-0.2, 0) is 11.3 Å². The van der Waals surface area contributed by atoms with Crippen LogP contribution in [0.2, 0.25) is 5.02 Å². The second-order valence-corrected chi connectivity index (χ2v) is 7.29. The molecule has 0 spiro atoms. The van der Waals surface area contributed by atoms with Crippen molar-refractivity contribution in [1.82, 2.24) is 19.7 Å². The average Bonchev–Trinajstić information content (AvgIpc) is 3.05. The van der Waals surface area contributed by atoms with E-state index in [4.69, 9.17) is 11.6 Å². The van der Waals surface area contributed by atoms with Crippen molar-refractivity contribution < 1.29 is 4.79 Å². The SMILES string of the molecule is CCn1c(S[C@@H](C)C(=O)Nc2cccc(Cl)c2)nnc1-c1ccncc1. The highest BCUT2D eigenvalue weighted by Gasteiger charge is 2.20. The van der Waals surface area contributed by atoms with Crippen molar-refractivity contribution >= 4 is 35.0 Å². The van der Waals surface area contributed by atoms with Gasteiger partial charge in [-0.1, -0.05) is 29.4 Å². The Labute approximate surface area is 161 Å². The molecular weight excluding hydrogens is 370 g/mol. The molecular formula is C18H18ClN5OS. The minimum Gasteiger partial charge on any atom is -0.325 e. The molecule has 134 valence electrons. The fraction of sp³-hybridized carbons (Fsp3) is 0.222. The first-order valence-electron chi connectivity index (χ1n) is 8.15. The molecule has 0 saturated heterocycles. The number of hydrogen-bond acceptors (Lipinski definition) is 5. The molecule has 0 unspecified atom stereocenters. The first kappa shape index (κ1) is 18.4. The Balaban J connectivity index is 1.74. The Morgan fingerprint density at radius 1 is 1.27 bits per heavy atom. The van der Waals surface area contributed by atoms with Crippen molar-refractivity contribution in [1.29, 1.82) is 0 Å². The Kier molecular flexibility index (Phi) is 5.90. The molecule has 6 nitrogen and oxygen atoms in total. The third-order valence-corrected chi connectivity index (χ3v) is 5.03. The molecule has 1 aromatic carbocycles. The summed E-state index contributed by atoms with van der Waals surface area (Å²) in [6.45, 7) is 4.57. The molecule has 0 saturated carbocycles. The van der Waals surface area contributed by atoms with Crippen molar-refractivity contribution in [3.05, 3.63) is 53.8 Å². The number of thioether (sulfide) groups is 1. The topological polar surface area (TPSA) is 72.7 Å². The van der Waals surface area contributed by atoms with Crippen LogP contribution < -0.4 is 5.32 Å². The number of carbonyl (C=O) groups is 1. The van der Waals surface area contributed by atoms with E-state index in [0.29, 0.717) is 22.4 Å². The highest BCUT2D eigenvalue weighted by Crippen LogP contribution is 2.27. The molecule has 26 heavy (non-hydrogen) atoms. The van der Waals surface area contributed by atoms with Crippen molar-refractivity contribution in [3.8, 4) is 11.4 Å². The van der Waals surface area contributed by atoms with Gasteiger partial charge >= 0.3 is 0 Å². The molecule has 0 bridgehead atoms. The van der Waals surface area contributed by atoms with Gasteiger partial charge in [0.05, 0.1) is 5.25 Å². The monoisotopic (exact) mass is 387 g/mol. The summed E-state index contributed by atoms with van der Waals surface area (Å²) in [5, 5.41) is 12.4. The van der Waals surface area contributed by atoms with E-state index in [1.54, 1.807) is 36.7 Å². The number of anilines is 1. The number of amides is 1. The minimum atomic E-state index is -0.339. The van der Waals surface area contributed by atoms with Crippen LogP contribution in [0.1, 0.15) is 13.8 Å². The van der Waals surface area contributed by atoms with Gasteiger partial charge in [0, 0.05) is 35.2 Å². The normalized spacial score (nSPS) is 12.0. The Morgan fingerprint density at radius 2 is 2.04 bits per heavy atom. The van der Waals surface area contributed by atoms with Gasteiger partial charge in [-0.15, -0.1) is 10.2 Å². The van der Waals surface area contributed by atoms with Crippen molar-refractivity contribution in [2.24, 2.45) is 0 Å². The van der Waals surface area contributed by atoms with E-state index in [1.165, 1.54) is 11.8 Å². The van der Waals surface area contributed by atoms with E-state index in [9.17, 15) is 4.79 Å². The molecule has 2 heterocycles. The van der Waals surface area contributed by atoms with Crippen molar-refractivity contribution in [2.45, 2.75) is 30.8 Å². The predicted molar refractivity (Wildman–Crippen MR) is 104 cm³/mol. The largest absolute Gasteiger partial charge is 0.325 e. The van der Waals surface area contributed by atoms with Crippen LogP contribution in [0, 0.1) is 0 Å². The van der Waals surface area contributed by atoms with Crippen LogP contribution in [0.5, 0.6) is 0 Å². The van der Waals surface area contributed by atoms with E-state index in [-0.39, 0.29) is 11.2 Å². The summed E-state index contributed by atoms with van der Waals surface area (Å²) >= 11 is 7.33. The third-order valence-electron chi connectivity index (χ3n) is 3.72. The zero-order chi connectivity index (χ0) is 18.5. The molecule has 1 atom stereocenters. The summed E-state index contributed by atoms with van der Waals surface area (Å²) in [4.78, 5) is 16.5. The van der Waals surface area contributed by atoms with Crippen LogP contribution in [0.25, 0.3) is 11.4 Å². The molecule has 8 heteroatoms. The van der Waals surface area contributed by atoms with Crippen LogP contribution in [-0.4, -0.2) is 30.9 Å². The van der Waals surface area contributed by atoms with Crippen molar-refractivity contribution in [3.63, 3.8) is 0 Å². The van der Waals surface area contributed by atoms with Gasteiger partial charge in [0.15, 0.2) is 11.0 Å². The number of carbonyl (C=O) groups excluding carboxylic acids is 1. The summed E-state index contributed by atoms with van der Waals surface area (Å²) in [6.07, 6.45) is 3.44. The minimum absolute atomic E-state index is 0.117. The predicted octanol–water partition coefficient (Wildman–Crippen LogP) is 4.13. The van der Waals surface area contributed by atoms with Gasteiger partial charge in [-0.3, -0.25) is 9.78 Å². The molecule has 0 aliphatic heterocycles. The summed E-state index contributed by atoms with van der Waals surface area (Å²) < 4.78 is 1.99. The van der Waals surface area contributed by atoms with E-state index >= 15 is 0 Å². The fourth-order valence-electron chi connectivity index (χ4n) is 2.40. The van der Waals surface area contributed by atoms with E-state index < -0.39 is 0 Å². The van der Waals surface area contributed by atoms with E-state index in [0.717, 1.165) is 11.4 Å². The highest BCUT2D eigenvalue weighted by atomic mass is 35.5. The fourth-order valence-corrected chi connectivity index (χ4v) is 3.50. The Hall–Kier alpha value is -2.38. The zero-order valence-corrected chi connectivity index (χ0v) is 16.0. The van der Waals surface area contributed by atoms with Gasteiger partial charge in [0.1, 0.15) is 0 Å². The van der Waals surface area contributed by atoms with Gasteiger partial charge in [0.2, 0.25) is 5.91 Å². The van der Waals surface area contributed by atoms with E-state index in [2.05, 4.69) is 20.5 Å². The Bertz CT molecular complexity index is 900. The zero-order valence-electron chi connectivity index (χ0n) is 14.4. The third kappa shape index (κ3) is 4.23. The molecule has 1 N–H and O–H groups in total. The first-order valence-corrected chi connectivity index (χ1v) is 9.41. The first-order chi connectivity index (χ1) is 12.6. The molecule has 0 aliphatic carbocycles. The molecule has 0 fully saturated rings. The average molecular weight is 388 g/mol. The Morgan fingerprint density at radius 3 is 2.73 bits per heavy atom. The molecule has 2 aromatic heterocycles. The smallest absolute Gasteiger partial charge is 0.237 e. The molecule has 0 aliphatic rings. The van der Waals surface area contributed by atoms with Crippen molar-refractivity contribution in [2.75, 3.05) is 5.32 Å². The van der Waals surface area contributed by atoms with Gasteiger partial charge < -0.3 is 9.88 Å². The summed E-state index contributed by atoms with van der Waals surface area (Å²) in [6, 6.07) is 10.9. The lowest BCUT2D eigenvalue weighted by Crippen LogP contribution is -2.22. The van der Waals surface area contributed by atoms with Crippen LogP contribution >= 0.6 is 23.4 Å². The summed E-state index contributed by atoms with van der Waals surface area (Å²) in [5.41, 5.74) is 1.61. The number of hydrogen-bond donors (Lipinski definition) is 1. The van der Waals surface area contributed by atoms with Crippen LogP contribution in [0.15, 0.2) is 53.9 Å². The maximum atomic E-state index is 12.5. The molecule has 0 radical (unpaired) electrons. The maximum Gasteiger partial charge on any atom is 0.237 e. The molecule has 3 rings (SSSR count). The van der Waals surface area contributed by atoms with Gasteiger partial charge in [0.25, 0.3) is 0 Å². The van der Waals surface area contributed by atoms with Gasteiger partial charge in [-0.2, -0.15) is 0 Å². The molecule has 1 amide bonds. The lowest BCUT2D eigenvalue weighted by molar-refractivity contribution is -0.115. The lowest BCUT2D eigenvalue weighted by atomic mass is 10.2. The second kappa shape index (κ2) is 8.33. The summed E-state index contributed by atoms with van der Waals surface area (Å²) in [5.74, 6) is 0.647. The quantitative estimate of drug-likeness (QED) is 0.643. The maximum absolute atomic E-state index is 12.5. The van der Waals surface area contributed by atoms with Crippen LogP contribution in [0.3, 0.4) is 0 Å². The number of benzene rings is 1. The number of halogens is 1. The number of nitrogens with one attached hydrogen (secondary N) is 1. The number of rotatable bonds is 6.